The standard InChI is InChI=1S/C13H24BrN/c1-11(10-14)13-8-4-5-9-15(13)12-6-2-3-7-12/h11-13H,2-10H2,1H3. The Balaban J connectivity index is 1.98. The molecule has 0 bridgehead atoms. The minimum Gasteiger partial charge on any atom is -0.297 e. The van der Waals surface area contributed by atoms with Crippen molar-refractivity contribution in [2.24, 2.45) is 5.92 Å². The van der Waals surface area contributed by atoms with Crippen LogP contribution in [0.15, 0.2) is 0 Å². The fourth-order valence-corrected chi connectivity index (χ4v) is 3.81. The van der Waals surface area contributed by atoms with Crippen molar-refractivity contribution in [3.63, 3.8) is 0 Å². The van der Waals surface area contributed by atoms with E-state index in [1.807, 2.05) is 0 Å². The highest BCUT2D eigenvalue weighted by Crippen LogP contribution is 2.32. The summed E-state index contributed by atoms with van der Waals surface area (Å²) in [5.41, 5.74) is 0. The molecule has 2 rings (SSSR count). The van der Waals surface area contributed by atoms with Crippen molar-refractivity contribution in [1.29, 1.82) is 0 Å². The maximum absolute atomic E-state index is 3.66. The van der Waals surface area contributed by atoms with E-state index >= 15 is 0 Å². The van der Waals surface area contributed by atoms with Gasteiger partial charge in [-0.2, -0.15) is 0 Å². The maximum atomic E-state index is 3.66. The van der Waals surface area contributed by atoms with Gasteiger partial charge in [-0.3, -0.25) is 4.90 Å². The number of likely N-dealkylation sites (tertiary alicyclic amines) is 1. The summed E-state index contributed by atoms with van der Waals surface area (Å²) < 4.78 is 0. The summed E-state index contributed by atoms with van der Waals surface area (Å²) in [4.78, 5) is 2.85. The molecule has 2 unspecified atom stereocenters. The number of halogens is 1. The lowest BCUT2D eigenvalue weighted by Gasteiger charge is -2.42. The van der Waals surface area contributed by atoms with Gasteiger partial charge in [0.05, 0.1) is 0 Å². The first-order valence-electron chi connectivity index (χ1n) is 6.64. The molecule has 0 aromatic carbocycles. The van der Waals surface area contributed by atoms with Crippen LogP contribution >= 0.6 is 15.9 Å². The lowest BCUT2D eigenvalue weighted by molar-refractivity contribution is 0.0699. The van der Waals surface area contributed by atoms with Crippen LogP contribution in [0.4, 0.5) is 0 Å². The van der Waals surface area contributed by atoms with Gasteiger partial charge in [0.2, 0.25) is 0 Å². The zero-order chi connectivity index (χ0) is 10.7. The van der Waals surface area contributed by atoms with Crippen LogP contribution in [0.2, 0.25) is 0 Å². The summed E-state index contributed by atoms with van der Waals surface area (Å²) in [7, 11) is 0. The van der Waals surface area contributed by atoms with Crippen molar-refractivity contribution in [1.82, 2.24) is 4.90 Å². The summed E-state index contributed by atoms with van der Waals surface area (Å²) in [5, 5.41) is 1.17. The lowest BCUT2D eigenvalue weighted by atomic mass is 9.91. The van der Waals surface area contributed by atoms with E-state index in [1.165, 1.54) is 56.8 Å². The zero-order valence-corrected chi connectivity index (χ0v) is 11.5. The predicted molar refractivity (Wildman–Crippen MR) is 69.6 cm³/mol. The lowest BCUT2D eigenvalue weighted by Crippen LogP contribution is -2.48. The van der Waals surface area contributed by atoms with Crippen molar-refractivity contribution in [2.75, 3.05) is 11.9 Å². The fourth-order valence-electron chi connectivity index (χ4n) is 3.38. The second kappa shape index (κ2) is 5.67. The molecule has 0 aromatic rings. The van der Waals surface area contributed by atoms with Crippen molar-refractivity contribution in [3.8, 4) is 0 Å². The number of hydrogen-bond donors (Lipinski definition) is 0. The molecule has 1 heterocycles. The minimum absolute atomic E-state index is 0.825. The summed E-state index contributed by atoms with van der Waals surface area (Å²) in [6.07, 6.45) is 10.2. The molecule has 1 aliphatic carbocycles. The molecular formula is C13H24BrN. The molecule has 1 nitrogen and oxygen atoms in total. The number of piperidine rings is 1. The Morgan fingerprint density at radius 1 is 1.13 bits per heavy atom. The fraction of sp³-hybridized carbons (Fsp3) is 1.00. The highest BCUT2D eigenvalue weighted by Gasteiger charge is 2.32. The molecule has 15 heavy (non-hydrogen) atoms. The van der Waals surface area contributed by atoms with Gasteiger partial charge in [-0.15, -0.1) is 0 Å². The van der Waals surface area contributed by atoms with Crippen molar-refractivity contribution < 1.29 is 0 Å². The maximum Gasteiger partial charge on any atom is 0.0132 e. The average Bonchev–Trinajstić information content (AvgIpc) is 2.81. The van der Waals surface area contributed by atoms with E-state index in [2.05, 4.69) is 27.8 Å². The van der Waals surface area contributed by atoms with Crippen LogP contribution in [0.5, 0.6) is 0 Å². The molecule has 0 amide bonds. The number of hydrogen-bond acceptors (Lipinski definition) is 1. The molecule has 2 aliphatic rings. The number of alkyl halides is 1. The molecule has 2 heteroatoms. The highest BCUT2D eigenvalue weighted by molar-refractivity contribution is 9.09. The van der Waals surface area contributed by atoms with Gasteiger partial charge in [-0.05, 0) is 38.1 Å². The summed E-state index contributed by atoms with van der Waals surface area (Å²) >= 11 is 3.66. The van der Waals surface area contributed by atoms with Crippen LogP contribution in [0.25, 0.3) is 0 Å². The number of rotatable bonds is 3. The molecule has 2 atom stereocenters. The van der Waals surface area contributed by atoms with Gasteiger partial charge in [-0.25, -0.2) is 0 Å². The van der Waals surface area contributed by atoms with Crippen LogP contribution in [-0.4, -0.2) is 28.9 Å². The second-order valence-corrected chi connectivity index (χ2v) is 6.02. The molecule has 0 radical (unpaired) electrons. The van der Waals surface area contributed by atoms with E-state index in [0.717, 1.165) is 18.0 Å². The molecule has 0 aromatic heterocycles. The molecule has 2 fully saturated rings. The van der Waals surface area contributed by atoms with Crippen LogP contribution in [-0.2, 0) is 0 Å². The monoisotopic (exact) mass is 273 g/mol. The van der Waals surface area contributed by atoms with Gasteiger partial charge in [0, 0.05) is 17.4 Å². The third kappa shape index (κ3) is 2.76. The van der Waals surface area contributed by atoms with E-state index < -0.39 is 0 Å². The van der Waals surface area contributed by atoms with Crippen molar-refractivity contribution >= 4 is 15.9 Å². The average molecular weight is 274 g/mol. The second-order valence-electron chi connectivity index (χ2n) is 5.37. The smallest absolute Gasteiger partial charge is 0.0132 e. The predicted octanol–water partition coefficient (Wildman–Crippen LogP) is 3.81. The third-order valence-corrected chi connectivity index (χ3v) is 5.31. The van der Waals surface area contributed by atoms with Gasteiger partial charge in [0.25, 0.3) is 0 Å². The quantitative estimate of drug-likeness (QED) is 0.707. The number of nitrogens with zero attached hydrogens (tertiary/aromatic N) is 1. The summed E-state index contributed by atoms with van der Waals surface area (Å²) in [6.45, 7) is 3.78. The topological polar surface area (TPSA) is 3.24 Å². The van der Waals surface area contributed by atoms with Crippen molar-refractivity contribution in [2.45, 2.75) is 64.0 Å². The van der Waals surface area contributed by atoms with Gasteiger partial charge in [0.15, 0.2) is 0 Å². The van der Waals surface area contributed by atoms with Crippen LogP contribution in [0.3, 0.4) is 0 Å². The summed E-state index contributed by atoms with van der Waals surface area (Å²) in [6, 6.07) is 1.79. The Morgan fingerprint density at radius 2 is 1.80 bits per heavy atom. The zero-order valence-electron chi connectivity index (χ0n) is 9.92. The van der Waals surface area contributed by atoms with Gasteiger partial charge < -0.3 is 0 Å². The molecule has 1 saturated carbocycles. The first-order valence-corrected chi connectivity index (χ1v) is 7.77. The van der Waals surface area contributed by atoms with Crippen LogP contribution in [0.1, 0.15) is 51.9 Å². The van der Waals surface area contributed by atoms with E-state index in [-0.39, 0.29) is 0 Å². The van der Waals surface area contributed by atoms with Crippen LogP contribution in [0, 0.1) is 5.92 Å². The molecule has 88 valence electrons. The van der Waals surface area contributed by atoms with Gasteiger partial charge >= 0.3 is 0 Å². The SMILES string of the molecule is CC(CBr)C1CCCCN1C1CCCC1. The third-order valence-electron chi connectivity index (χ3n) is 4.29. The first kappa shape index (κ1) is 11.9. The van der Waals surface area contributed by atoms with Crippen molar-refractivity contribution in [3.05, 3.63) is 0 Å². The Labute approximate surface area is 103 Å². The Kier molecular flexibility index (Phi) is 4.51. The summed E-state index contributed by atoms with van der Waals surface area (Å²) in [5.74, 6) is 0.825. The molecule has 1 aliphatic heterocycles. The minimum atomic E-state index is 0.825. The van der Waals surface area contributed by atoms with E-state index in [1.54, 1.807) is 0 Å². The van der Waals surface area contributed by atoms with E-state index in [9.17, 15) is 0 Å². The Bertz CT molecular complexity index is 189. The van der Waals surface area contributed by atoms with Crippen LogP contribution < -0.4 is 0 Å². The highest BCUT2D eigenvalue weighted by atomic mass is 79.9. The van der Waals surface area contributed by atoms with E-state index in [0.29, 0.717) is 0 Å². The van der Waals surface area contributed by atoms with Gasteiger partial charge in [0.1, 0.15) is 0 Å². The van der Waals surface area contributed by atoms with Gasteiger partial charge in [-0.1, -0.05) is 42.1 Å². The largest absolute Gasteiger partial charge is 0.297 e. The molecule has 0 N–H and O–H groups in total. The Hall–Kier alpha value is 0.440. The Morgan fingerprint density at radius 3 is 2.47 bits per heavy atom. The molecular weight excluding hydrogens is 250 g/mol. The van der Waals surface area contributed by atoms with E-state index in [4.69, 9.17) is 0 Å². The molecule has 1 saturated heterocycles. The normalized spacial score (nSPS) is 32.0. The first-order chi connectivity index (χ1) is 7.33. The molecule has 0 spiro atoms.